The highest BCUT2D eigenvalue weighted by molar-refractivity contribution is 5.47. The highest BCUT2D eigenvalue weighted by atomic mass is 15.4. The largest absolute Gasteiger partial charge is 0.378 e. The monoisotopic (exact) mass is 273 g/mol. The molecular formula is C15H23N5. The van der Waals surface area contributed by atoms with Crippen molar-refractivity contribution in [2.24, 2.45) is 7.05 Å². The third kappa shape index (κ3) is 3.17. The molecule has 5 nitrogen and oxygen atoms in total. The number of aromatic nitrogens is 3. The fourth-order valence-electron chi connectivity index (χ4n) is 2.21. The van der Waals surface area contributed by atoms with Gasteiger partial charge in [-0.25, -0.2) is 0 Å². The maximum absolute atomic E-state index is 4.04. The zero-order valence-corrected chi connectivity index (χ0v) is 12.7. The molecule has 1 aromatic carbocycles. The lowest BCUT2D eigenvalue weighted by atomic mass is 10.0. The minimum Gasteiger partial charge on any atom is -0.378 e. The quantitative estimate of drug-likeness (QED) is 0.874. The zero-order valence-electron chi connectivity index (χ0n) is 12.7. The molecule has 0 spiro atoms. The summed E-state index contributed by atoms with van der Waals surface area (Å²) in [5.74, 6) is 0. The average molecular weight is 273 g/mol. The summed E-state index contributed by atoms with van der Waals surface area (Å²) >= 11 is 0. The Balaban J connectivity index is 2.29. The van der Waals surface area contributed by atoms with E-state index in [2.05, 4.69) is 51.7 Å². The lowest BCUT2D eigenvalue weighted by Crippen LogP contribution is -2.25. The average Bonchev–Trinajstić information content (AvgIpc) is 2.86. The van der Waals surface area contributed by atoms with E-state index in [4.69, 9.17) is 0 Å². The molecule has 1 heterocycles. The smallest absolute Gasteiger partial charge is 0.0798 e. The summed E-state index contributed by atoms with van der Waals surface area (Å²) in [6, 6.07) is 8.73. The first kappa shape index (κ1) is 14.5. The molecule has 0 aliphatic heterocycles. The van der Waals surface area contributed by atoms with E-state index in [9.17, 15) is 0 Å². The van der Waals surface area contributed by atoms with Gasteiger partial charge < -0.3 is 10.2 Å². The van der Waals surface area contributed by atoms with Crippen molar-refractivity contribution < 1.29 is 0 Å². The summed E-state index contributed by atoms with van der Waals surface area (Å²) in [5, 5.41) is 11.6. The fraction of sp³-hybridized carbons (Fsp3) is 0.467. The van der Waals surface area contributed by atoms with E-state index in [0.29, 0.717) is 0 Å². The second-order valence-corrected chi connectivity index (χ2v) is 5.16. The highest BCUT2D eigenvalue weighted by Gasteiger charge is 2.17. The van der Waals surface area contributed by atoms with Crippen LogP contribution in [0.1, 0.15) is 30.6 Å². The Kier molecular flexibility index (Phi) is 4.74. The van der Waals surface area contributed by atoms with E-state index in [-0.39, 0.29) is 6.04 Å². The molecule has 20 heavy (non-hydrogen) atoms. The number of nitrogens with zero attached hydrogens (tertiary/aromatic N) is 4. The van der Waals surface area contributed by atoms with Crippen molar-refractivity contribution in [2.75, 3.05) is 25.5 Å². The molecule has 0 saturated heterocycles. The highest BCUT2D eigenvalue weighted by Crippen LogP contribution is 2.23. The Hall–Kier alpha value is -1.88. The first-order valence-corrected chi connectivity index (χ1v) is 6.98. The van der Waals surface area contributed by atoms with Crippen LogP contribution in [0.25, 0.3) is 0 Å². The second-order valence-electron chi connectivity index (χ2n) is 5.16. The Bertz CT molecular complexity index is 529. The summed E-state index contributed by atoms with van der Waals surface area (Å²) in [6.45, 7) is 3.13. The number of anilines is 1. The van der Waals surface area contributed by atoms with Crippen LogP contribution >= 0.6 is 0 Å². The summed E-state index contributed by atoms with van der Waals surface area (Å²) in [5.41, 5.74) is 3.51. The van der Waals surface area contributed by atoms with Crippen molar-refractivity contribution in [1.29, 1.82) is 0 Å². The molecule has 0 bridgehead atoms. The van der Waals surface area contributed by atoms with E-state index in [1.807, 2.05) is 32.0 Å². The van der Waals surface area contributed by atoms with Crippen LogP contribution in [0.5, 0.6) is 0 Å². The Morgan fingerprint density at radius 1 is 1.25 bits per heavy atom. The van der Waals surface area contributed by atoms with Gasteiger partial charge in [-0.3, -0.25) is 4.68 Å². The summed E-state index contributed by atoms with van der Waals surface area (Å²) in [6.07, 6.45) is 2.92. The molecule has 2 aromatic rings. The molecule has 1 N–H and O–H groups in total. The number of hydrogen-bond acceptors (Lipinski definition) is 4. The molecule has 108 valence electrons. The normalized spacial score (nSPS) is 12.4. The van der Waals surface area contributed by atoms with Crippen LogP contribution < -0.4 is 10.2 Å². The molecule has 1 unspecified atom stereocenters. The maximum atomic E-state index is 4.04. The molecule has 5 heteroatoms. The lowest BCUT2D eigenvalue weighted by molar-refractivity contribution is 0.550. The van der Waals surface area contributed by atoms with Gasteiger partial charge in [0.1, 0.15) is 0 Å². The molecule has 2 rings (SSSR count). The van der Waals surface area contributed by atoms with E-state index in [0.717, 1.165) is 18.7 Å². The minimum absolute atomic E-state index is 0.131. The molecule has 1 aromatic heterocycles. The number of hydrogen-bond donors (Lipinski definition) is 1. The van der Waals surface area contributed by atoms with Gasteiger partial charge in [0.15, 0.2) is 0 Å². The van der Waals surface area contributed by atoms with Crippen molar-refractivity contribution >= 4 is 5.69 Å². The minimum atomic E-state index is 0.131. The first-order valence-electron chi connectivity index (χ1n) is 6.98. The number of nitrogens with one attached hydrogen (secondary N) is 1. The molecule has 0 aliphatic carbocycles. The van der Waals surface area contributed by atoms with Crippen molar-refractivity contribution in [2.45, 2.75) is 19.4 Å². The van der Waals surface area contributed by atoms with Gasteiger partial charge >= 0.3 is 0 Å². The van der Waals surface area contributed by atoms with E-state index in [1.165, 1.54) is 11.3 Å². The van der Waals surface area contributed by atoms with Gasteiger partial charge in [0.2, 0.25) is 0 Å². The van der Waals surface area contributed by atoms with E-state index >= 15 is 0 Å². The van der Waals surface area contributed by atoms with Crippen LogP contribution in [0.4, 0.5) is 5.69 Å². The Labute approximate surface area is 120 Å². The van der Waals surface area contributed by atoms with Gasteiger partial charge in [-0.1, -0.05) is 24.3 Å². The summed E-state index contributed by atoms with van der Waals surface area (Å²) < 4.78 is 1.83. The van der Waals surface area contributed by atoms with Crippen LogP contribution in [0, 0.1) is 0 Å². The molecule has 1 atom stereocenters. The molecule has 0 aliphatic rings. The fourth-order valence-corrected chi connectivity index (χ4v) is 2.21. The standard InChI is InChI=1S/C15H23N5/c1-5-10-16-15(14-11-17-18-20(14)4)12-6-8-13(9-7-12)19(2)3/h6-9,11,15-16H,5,10H2,1-4H3. The SMILES string of the molecule is CCCNC(c1ccc(N(C)C)cc1)c1cnnn1C. The van der Waals surface area contributed by atoms with E-state index < -0.39 is 0 Å². The van der Waals surface area contributed by atoms with Gasteiger partial charge in [0, 0.05) is 26.8 Å². The molecule has 0 saturated carbocycles. The number of aryl methyl sites for hydroxylation is 1. The second kappa shape index (κ2) is 6.52. The predicted octanol–water partition coefficient (Wildman–Crippen LogP) is 1.97. The summed E-state index contributed by atoms with van der Waals surface area (Å²) in [7, 11) is 6.02. The Morgan fingerprint density at radius 2 is 1.95 bits per heavy atom. The third-order valence-corrected chi connectivity index (χ3v) is 3.39. The van der Waals surface area contributed by atoms with Gasteiger partial charge in [-0.05, 0) is 30.7 Å². The van der Waals surface area contributed by atoms with E-state index in [1.54, 1.807) is 0 Å². The number of benzene rings is 1. The van der Waals surface area contributed by atoms with Gasteiger partial charge in [0.25, 0.3) is 0 Å². The topological polar surface area (TPSA) is 46.0 Å². The van der Waals surface area contributed by atoms with Crippen molar-refractivity contribution in [1.82, 2.24) is 20.3 Å². The maximum Gasteiger partial charge on any atom is 0.0798 e. The molecule has 0 amide bonds. The van der Waals surface area contributed by atoms with Crippen molar-refractivity contribution in [3.8, 4) is 0 Å². The van der Waals surface area contributed by atoms with Gasteiger partial charge in [-0.15, -0.1) is 5.10 Å². The lowest BCUT2D eigenvalue weighted by Gasteiger charge is -2.20. The zero-order chi connectivity index (χ0) is 14.5. The van der Waals surface area contributed by atoms with Crippen molar-refractivity contribution in [3.05, 3.63) is 41.7 Å². The molecule has 0 radical (unpaired) electrons. The third-order valence-electron chi connectivity index (χ3n) is 3.39. The molecular weight excluding hydrogens is 250 g/mol. The van der Waals surface area contributed by atoms with Crippen LogP contribution in [-0.2, 0) is 7.05 Å². The van der Waals surface area contributed by atoms with Gasteiger partial charge in [0.05, 0.1) is 17.9 Å². The predicted molar refractivity (Wildman–Crippen MR) is 81.9 cm³/mol. The van der Waals surface area contributed by atoms with Crippen LogP contribution in [0.2, 0.25) is 0 Å². The van der Waals surface area contributed by atoms with Crippen LogP contribution in [-0.4, -0.2) is 35.6 Å². The number of rotatable bonds is 6. The first-order chi connectivity index (χ1) is 9.63. The van der Waals surface area contributed by atoms with Gasteiger partial charge in [-0.2, -0.15) is 0 Å². The molecule has 0 fully saturated rings. The summed E-state index contributed by atoms with van der Waals surface area (Å²) in [4.78, 5) is 2.10. The van der Waals surface area contributed by atoms with Crippen LogP contribution in [0.3, 0.4) is 0 Å². The van der Waals surface area contributed by atoms with Crippen LogP contribution in [0.15, 0.2) is 30.5 Å². The van der Waals surface area contributed by atoms with Crippen molar-refractivity contribution in [3.63, 3.8) is 0 Å². The Morgan fingerprint density at radius 3 is 2.45 bits per heavy atom.